The third-order valence-corrected chi connectivity index (χ3v) is 9.99. The summed E-state index contributed by atoms with van der Waals surface area (Å²) in [6, 6.07) is 22.6. The SMILES string of the molecule is COc1ccc([C@H]2CC(c3cccs3)=NN2C(=O)CSc2nnc(CNC(=O)c3ccc(OC)c(OC)c3)n2-c2cc(C)ccc2C)cc1. The van der Waals surface area contributed by atoms with Gasteiger partial charge in [-0.2, -0.15) is 5.10 Å². The molecule has 13 heteroatoms. The van der Waals surface area contributed by atoms with Crippen molar-refractivity contribution in [1.29, 1.82) is 0 Å². The number of hydrogen-bond donors (Lipinski definition) is 1. The summed E-state index contributed by atoms with van der Waals surface area (Å²) in [5, 5.41) is 20.8. The molecule has 1 aliphatic heterocycles. The minimum Gasteiger partial charge on any atom is -0.497 e. The van der Waals surface area contributed by atoms with Crippen LogP contribution in [0.2, 0.25) is 0 Å². The fourth-order valence-corrected chi connectivity index (χ4v) is 7.10. The number of ether oxygens (including phenoxy) is 3. The summed E-state index contributed by atoms with van der Waals surface area (Å²) in [5.74, 6) is 1.87. The molecule has 1 N–H and O–H groups in total. The smallest absolute Gasteiger partial charge is 0.253 e. The number of hydrogen-bond acceptors (Lipinski definition) is 10. The van der Waals surface area contributed by atoms with Crippen LogP contribution in [0, 0.1) is 13.8 Å². The molecule has 5 aromatic rings. The molecule has 252 valence electrons. The van der Waals surface area contributed by atoms with Gasteiger partial charge in [-0.05, 0) is 78.4 Å². The van der Waals surface area contributed by atoms with Crippen molar-refractivity contribution in [3.8, 4) is 22.9 Å². The topological polar surface area (TPSA) is 120 Å². The van der Waals surface area contributed by atoms with E-state index in [-0.39, 0.29) is 30.2 Å². The van der Waals surface area contributed by atoms with E-state index in [1.54, 1.807) is 48.8 Å². The second-order valence-electron chi connectivity index (χ2n) is 11.3. The van der Waals surface area contributed by atoms with Crippen LogP contribution in [0.15, 0.2) is 88.4 Å². The minimum atomic E-state index is -0.307. The van der Waals surface area contributed by atoms with Crippen LogP contribution < -0.4 is 19.5 Å². The molecule has 2 amide bonds. The summed E-state index contributed by atoms with van der Waals surface area (Å²) in [6.07, 6.45) is 0.603. The Morgan fingerprint density at radius 3 is 2.45 bits per heavy atom. The summed E-state index contributed by atoms with van der Waals surface area (Å²) in [5.41, 5.74) is 5.17. The first-order valence-corrected chi connectivity index (χ1v) is 17.4. The van der Waals surface area contributed by atoms with Gasteiger partial charge in [0.05, 0.1) is 55.9 Å². The maximum atomic E-state index is 13.9. The van der Waals surface area contributed by atoms with Gasteiger partial charge < -0.3 is 19.5 Å². The zero-order valence-corrected chi connectivity index (χ0v) is 29.4. The Morgan fingerprint density at radius 1 is 0.939 bits per heavy atom. The molecule has 0 fully saturated rings. The molecular formula is C36H36N6O5S2. The normalized spacial score (nSPS) is 14.0. The molecule has 1 aliphatic rings. The number of methoxy groups -OCH3 is 3. The number of benzene rings is 3. The zero-order valence-electron chi connectivity index (χ0n) is 27.8. The number of thiophene rings is 1. The van der Waals surface area contributed by atoms with E-state index in [0.717, 1.165) is 38.7 Å². The van der Waals surface area contributed by atoms with Gasteiger partial charge in [-0.15, -0.1) is 21.5 Å². The number of aryl methyl sites for hydroxylation is 2. The Hall–Kier alpha value is -5.14. The van der Waals surface area contributed by atoms with Gasteiger partial charge in [0.2, 0.25) is 0 Å². The largest absolute Gasteiger partial charge is 0.497 e. The van der Waals surface area contributed by atoms with E-state index in [0.29, 0.717) is 34.5 Å². The lowest BCUT2D eigenvalue weighted by Crippen LogP contribution is -2.28. The van der Waals surface area contributed by atoms with Crippen molar-refractivity contribution in [3.63, 3.8) is 0 Å². The Labute approximate surface area is 292 Å². The molecule has 0 spiro atoms. The third-order valence-electron chi connectivity index (χ3n) is 8.16. The van der Waals surface area contributed by atoms with E-state index in [1.165, 1.54) is 18.9 Å². The van der Waals surface area contributed by atoms with Crippen molar-refractivity contribution < 1.29 is 23.8 Å². The van der Waals surface area contributed by atoms with Crippen LogP contribution in [-0.4, -0.2) is 64.4 Å². The van der Waals surface area contributed by atoms with E-state index >= 15 is 0 Å². The first-order valence-electron chi connectivity index (χ1n) is 15.5. The summed E-state index contributed by atoms with van der Waals surface area (Å²) in [7, 11) is 4.69. The molecule has 2 aromatic heterocycles. The molecule has 0 bridgehead atoms. The number of carbonyl (C=O) groups is 2. The highest BCUT2D eigenvalue weighted by Crippen LogP contribution is 2.36. The molecule has 3 aromatic carbocycles. The summed E-state index contributed by atoms with van der Waals surface area (Å²) >= 11 is 2.89. The average Bonchev–Trinajstić information content (AvgIpc) is 3.91. The van der Waals surface area contributed by atoms with E-state index in [4.69, 9.17) is 19.3 Å². The maximum absolute atomic E-state index is 13.9. The van der Waals surface area contributed by atoms with Gasteiger partial charge in [-0.3, -0.25) is 14.2 Å². The Bertz CT molecular complexity index is 1990. The van der Waals surface area contributed by atoms with Gasteiger partial charge >= 0.3 is 0 Å². The predicted octanol–water partition coefficient (Wildman–Crippen LogP) is 6.37. The number of nitrogens with one attached hydrogen (secondary N) is 1. The van der Waals surface area contributed by atoms with E-state index in [1.807, 2.05) is 78.4 Å². The molecule has 0 saturated carbocycles. The highest BCUT2D eigenvalue weighted by atomic mass is 32.2. The number of thioether (sulfide) groups is 1. The maximum Gasteiger partial charge on any atom is 0.253 e. The number of hydrazone groups is 1. The number of nitrogens with zero attached hydrogens (tertiary/aromatic N) is 5. The van der Waals surface area contributed by atoms with Crippen molar-refractivity contribution in [2.45, 2.75) is 38.0 Å². The molecule has 6 rings (SSSR count). The van der Waals surface area contributed by atoms with Crippen molar-refractivity contribution >= 4 is 40.6 Å². The molecule has 0 saturated heterocycles. The van der Waals surface area contributed by atoms with Gasteiger partial charge in [0, 0.05) is 12.0 Å². The number of carbonyl (C=O) groups excluding carboxylic acids is 2. The lowest BCUT2D eigenvalue weighted by molar-refractivity contribution is -0.130. The van der Waals surface area contributed by atoms with Crippen LogP contribution in [-0.2, 0) is 11.3 Å². The molecule has 11 nitrogen and oxygen atoms in total. The Morgan fingerprint density at radius 2 is 1.73 bits per heavy atom. The van der Waals surface area contributed by atoms with Crippen LogP contribution in [0.4, 0.5) is 0 Å². The van der Waals surface area contributed by atoms with Gasteiger partial charge in [0.15, 0.2) is 22.5 Å². The molecule has 0 unspecified atom stereocenters. The van der Waals surface area contributed by atoms with Gasteiger partial charge in [0.25, 0.3) is 11.8 Å². The van der Waals surface area contributed by atoms with Crippen molar-refractivity contribution in [1.82, 2.24) is 25.1 Å². The van der Waals surface area contributed by atoms with Crippen molar-refractivity contribution in [2.75, 3.05) is 27.1 Å². The zero-order chi connectivity index (χ0) is 34.5. The van der Waals surface area contributed by atoms with Gasteiger partial charge in [-0.1, -0.05) is 42.1 Å². The number of amides is 2. The molecule has 1 atom stereocenters. The van der Waals surface area contributed by atoms with Crippen LogP contribution in [0.1, 0.15) is 50.2 Å². The van der Waals surface area contributed by atoms with Crippen LogP contribution in [0.5, 0.6) is 17.2 Å². The quantitative estimate of drug-likeness (QED) is 0.150. The van der Waals surface area contributed by atoms with E-state index < -0.39 is 0 Å². The van der Waals surface area contributed by atoms with Crippen LogP contribution in [0.25, 0.3) is 5.69 Å². The van der Waals surface area contributed by atoms with E-state index in [9.17, 15) is 9.59 Å². The average molecular weight is 697 g/mol. The molecule has 0 radical (unpaired) electrons. The summed E-state index contributed by atoms with van der Waals surface area (Å²) < 4.78 is 17.9. The minimum absolute atomic E-state index is 0.0782. The Kier molecular flexibility index (Phi) is 10.3. The first kappa shape index (κ1) is 33.7. The van der Waals surface area contributed by atoms with Crippen LogP contribution >= 0.6 is 23.1 Å². The molecule has 3 heterocycles. The number of aromatic nitrogens is 3. The van der Waals surface area contributed by atoms with Gasteiger partial charge in [-0.25, -0.2) is 5.01 Å². The summed E-state index contributed by atoms with van der Waals surface area (Å²) in [6.45, 7) is 4.12. The first-order chi connectivity index (χ1) is 23.8. The fraction of sp³-hybridized carbons (Fsp3) is 0.250. The lowest BCUT2D eigenvalue weighted by atomic mass is 10.0. The molecule has 49 heavy (non-hydrogen) atoms. The predicted molar refractivity (Wildman–Crippen MR) is 190 cm³/mol. The number of rotatable bonds is 12. The van der Waals surface area contributed by atoms with Crippen molar-refractivity contribution in [2.24, 2.45) is 5.10 Å². The van der Waals surface area contributed by atoms with Gasteiger partial charge in [0.1, 0.15) is 5.75 Å². The van der Waals surface area contributed by atoms with Crippen molar-refractivity contribution in [3.05, 3.63) is 111 Å². The second-order valence-corrected chi connectivity index (χ2v) is 13.2. The monoisotopic (exact) mass is 696 g/mol. The standard InChI is InChI=1S/C36H36N6O5S2/c1-22-8-9-23(2)28(17-22)41-33(20-37-35(44)25-12-15-30(46-4)31(18-25)47-5)38-39-36(41)49-21-34(43)42-29(24-10-13-26(45-3)14-11-24)19-27(40-42)32-7-6-16-48-32/h6-18,29H,19-21H2,1-5H3,(H,37,44)/t29-/m1/s1. The highest BCUT2D eigenvalue weighted by molar-refractivity contribution is 7.99. The fourth-order valence-electron chi connectivity index (χ4n) is 5.56. The lowest BCUT2D eigenvalue weighted by Gasteiger charge is -2.22. The summed E-state index contributed by atoms with van der Waals surface area (Å²) in [4.78, 5) is 28.1. The van der Waals surface area contributed by atoms with E-state index in [2.05, 4.69) is 15.5 Å². The molecular weight excluding hydrogens is 661 g/mol. The van der Waals surface area contributed by atoms with Crippen LogP contribution in [0.3, 0.4) is 0 Å². The Balaban J connectivity index is 1.25. The highest BCUT2D eigenvalue weighted by Gasteiger charge is 2.34. The molecule has 0 aliphatic carbocycles. The third kappa shape index (κ3) is 7.32. The second kappa shape index (κ2) is 15.0.